The van der Waals surface area contributed by atoms with Crippen molar-refractivity contribution >= 4 is 35.0 Å². The van der Waals surface area contributed by atoms with Gasteiger partial charge in [0.25, 0.3) is 5.91 Å². The SMILES string of the molecule is Cc1ccc(F)cc1NC(=O)c1ccc(NC(=O)CSc2nnnn2C)cc1. The van der Waals surface area contributed by atoms with E-state index in [1.54, 1.807) is 44.3 Å². The number of hydrogen-bond donors (Lipinski definition) is 2. The van der Waals surface area contributed by atoms with Crippen LogP contribution in [-0.4, -0.2) is 37.8 Å². The molecule has 0 aliphatic carbocycles. The Morgan fingerprint density at radius 3 is 2.57 bits per heavy atom. The number of benzene rings is 2. The van der Waals surface area contributed by atoms with Crippen molar-refractivity contribution in [1.82, 2.24) is 20.2 Å². The number of amides is 2. The highest BCUT2D eigenvalue weighted by Crippen LogP contribution is 2.18. The summed E-state index contributed by atoms with van der Waals surface area (Å²) in [6.45, 7) is 1.78. The van der Waals surface area contributed by atoms with Gasteiger partial charge in [-0.25, -0.2) is 9.07 Å². The van der Waals surface area contributed by atoms with Crippen molar-refractivity contribution in [3.8, 4) is 0 Å². The Kier molecular flexibility index (Phi) is 5.99. The summed E-state index contributed by atoms with van der Waals surface area (Å²) in [6.07, 6.45) is 0. The number of nitrogens with one attached hydrogen (secondary N) is 2. The maximum atomic E-state index is 13.3. The molecule has 0 saturated carbocycles. The molecule has 1 aromatic heterocycles. The number of carbonyl (C=O) groups excluding carboxylic acids is 2. The molecule has 0 aliphatic heterocycles. The summed E-state index contributed by atoms with van der Waals surface area (Å²) in [7, 11) is 1.69. The van der Waals surface area contributed by atoms with Crippen LogP contribution in [0.25, 0.3) is 0 Å². The number of nitrogens with zero attached hydrogens (tertiary/aromatic N) is 4. The standard InChI is InChI=1S/C18H17FN6O2S/c1-11-3-6-13(19)9-15(11)21-17(27)12-4-7-14(8-5-12)20-16(26)10-28-18-22-23-24-25(18)2/h3-9H,10H2,1-2H3,(H,20,26)(H,21,27). The second kappa shape index (κ2) is 8.61. The first kappa shape index (κ1) is 19.5. The first-order valence-electron chi connectivity index (χ1n) is 8.25. The predicted octanol–water partition coefficient (Wildman–Crippen LogP) is 2.64. The van der Waals surface area contributed by atoms with Gasteiger partial charge in [-0.2, -0.15) is 0 Å². The minimum Gasteiger partial charge on any atom is -0.325 e. The second-order valence-corrected chi connectivity index (χ2v) is 6.86. The molecule has 28 heavy (non-hydrogen) atoms. The number of aromatic nitrogens is 4. The Morgan fingerprint density at radius 2 is 1.89 bits per heavy atom. The van der Waals surface area contributed by atoms with Crippen molar-refractivity contribution in [3.63, 3.8) is 0 Å². The van der Waals surface area contributed by atoms with Gasteiger partial charge in [-0.05, 0) is 59.3 Å². The molecule has 0 spiro atoms. The molecular formula is C18H17FN6O2S. The molecule has 0 aliphatic rings. The number of anilines is 2. The molecule has 2 N–H and O–H groups in total. The van der Waals surface area contributed by atoms with Gasteiger partial charge in [0, 0.05) is 24.0 Å². The smallest absolute Gasteiger partial charge is 0.255 e. The van der Waals surface area contributed by atoms with Gasteiger partial charge in [0.15, 0.2) is 0 Å². The minimum absolute atomic E-state index is 0.148. The fourth-order valence-corrected chi connectivity index (χ4v) is 2.95. The summed E-state index contributed by atoms with van der Waals surface area (Å²) in [4.78, 5) is 24.4. The van der Waals surface area contributed by atoms with E-state index in [0.29, 0.717) is 22.1 Å². The number of aryl methyl sites for hydroxylation is 2. The maximum absolute atomic E-state index is 13.3. The van der Waals surface area contributed by atoms with Crippen LogP contribution in [0.5, 0.6) is 0 Å². The largest absolute Gasteiger partial charge is 0.325 e. The zero-order chi connectivity index (χ0) is 20.1. The molecule has 144 valence electrons. The third-order valence-electron chi connectivity index (χ3n) is 3.79. The van der Waals surface area contributed by atoms with E-state index in [9.17, 15) is 14.0 Å². The van der Waals surface area contributed by atoms with E-state index in [2.05, 4.69) is 26.2 Å². The third-order valence-corrected chi connectivity index (χ3v) is 4.80. The van der Waals surface area contributed by atoms with Crippen molar-refractivity contribution < 1.29 is 14.0 Å². The van der Waals surface area contributed by atoms with Crippen LogP contribution in [-0.2, 0) is 11.8 Å². The number of hydrogen-bond acceptors (Lipinski definition) is 6. The normalized spacial score (nSPS) is 10.5. The van der Waals surface area contributed by atoms with Crippen LogP contribution >= 0.6 is 11.8 Å². The molecule has 0 radical (unpaired) electrons. The van der Waals surface area contributed by atoms with E-state index >= 15 is 0 Å². The highest BCUT2D eigenvalue weighted by molar-refractivity contribution is 7.99. The van der Waals surface area contributed by atoms with Gasteiger partial charge in [0.1, 0.15) is 5.82 Å². The number of tetrazole rings is 1. The summed E-state index contributed by atoms with van der Waals surface area (Å²) >= 11 is 1.21. The Hall–Kier alpha value is -3.27. The lowest BCUT2D eigenvalue weighted by Crippen LogP contribution is -2.15. The molecule has 0 saturated heterocycles. The van der Waals surface area contributed by atoms with Crippen molar-refractivity contribution in [2.45, 2.75) is 12.1 Å². The van der Waals surface area contributed by atoms with Crippen LogP contribution in [0.15, 0.2) is 47.6 Å². The van der Waals surface area contributed by atoms with Gasteiger partial charge >= 0.3 is 0 Å². The van der Waals surface area contributed by atoms with Crippen LogP contribution in [0.3, 0.4) is 0 Å². The van der Waals surface area contributed by atoms with Crippen molar-refractivity contribution in [2.75, 3.05) is 16.4 Å². The van der Waals surface area contributed by atoms with Crippen molar-refractivity contribution in [1.29, 1.82) is 0 Å². The third kappa shape index (κ3) is 4.92. The average Bonchev–Trinajstić information content (AvgIpc) is 3.08. The number of carbonyl (C=O) groups is 2. The van der Waals surface area contributed by atoms with Crippen molar-refractivity contribution in [3.05, 3.63) is 59.4 Å². The minimum atomic E-state index is -0.422. The molecule has 1 heterocycles. The maximum Gasteiger partial charge on any atom is 0.255 e. The molecule has 3 aromatic rings. The van der Waals surface area contributed by atoms with Crippen LogP contribution in [0, 0.1) is 12.7 Å². The fraction of sp³-hybridized carbons (Fsp3) is 0.167. The Bertz CT molecular complexity index is 1010. The molecule has 0 unspecified atom stereocenters. The van der Waals surface area contributed by atoms with E-state index in [0.717, 1.165) is 5.56 Å². The summed E-state index contributed by atoms with van der Waals surface area (Å²) in [6, 6.07) is 10.6. The summed E-state index contributed by atoms with van der Waals surface area (Å²) in [5.41, 5.74) is 2.12. The number of thioether (sulfide) groups is 1. The van der Waals surface area contributed by atoms with Crippen molar-refractivity contribution in [2.24, 2.45) is 7.05 Å². The molecule has 0 fully saturated rings. The highest BCUT2D eigenvalue weighted by Gasteiger charge is 2.11. The Balaban J connectivity index is 1.56. The lowest BCUT2D eigenvalue weighted by Gasteiger charge is -2.09. The molecule has 2 amide bonds. The molecule has 0 atom stereocenters. The Morgan fingerprint density at radius 1 is 1.14 bits per heavy atom. The number of rotatable bonds is 6. The number of halogens is 1. The summed E-state index contributed by atoms with van der Waals surface area (Å²) < 4.78 is 14.8. The molecule has 10 heteroatoms. The van der Waals surface area contributed by atoms with Gasteiger partial charge in [-0.15, -0.1) is 5.10 Å². The molecule has 2 aromatic carbocycles. The average molecular weight is 400 g/mol. The van der Waals surface area contributed by atoms with E-state index < -0.39 is 5.82 Å². The van der Waals surface area contributed by atoms with E-state index in [4.69, 9.17) is 0 Å². The Labute approximate surface area is 164 Å². The highest BCUT2D eigenvalue weighted by atomic mass is 32.2. The predicted molar refractivity (Wildman–Crippen MR) is 104 cm³/mol. The summed E-state index contributed by atoms with van der Waals surface area (Å²) in [5, 5.41) is 16.9. The topological polar surface area (TPSA) is 102 Å². The first-order valence-corrected chi connectivity index (χ1v) is 9.23. The van der Waals surface area contributed by atoms with Gasteiger partial charge in [0.05, 0.1) is 5.75 Å². The lowest BCUT2D eigenvalue weighted by molar-refractivity contribution is -0.113. The van der Waals surface area contributed by atoms with Gasteiger partial charge in [-0.1, -0.05) is 17.8 Å². The van der Waals surface area contributed by atoms with E-state index in [-0.39, 0.29) is 17.6 Å². The lowest BCUT2D eigenvalue weighted by atomic mass is 10.1. The van der Waals surface area contributed by atoms with Crippen LogP contribution < -0.4 is 10.6 Å². The second-order valence-electron chi connectivity index (χ2n) is 5.91. The first-order chi connectivity index (χ1) is 13.4. The zero-order valence-electron chi connectivity index (χ0n) is 15.1. The molecule has 0 bridgehead atoms. The molecule has 8 nitrogen and oxygen atoms in total. The van der Waals surface area contributed by atoms with E-state index in [1.807, 2.05) is 0 Å². The van der Waals surface area contributed by atoms with Gasteiger partial charge < -0.3 is 10.6 Å². The van der Waals surface area contributed by atoms with Gasteiger partial charge in [0.2, 0.25) is 11.1 Å². The monoisotopic (exact) mass is 400 g/mol. The van der Waals surface area contributed by atoms with Crippen LogP contribution in [0.2, 0.25) is 0 Å². The van der Waals surface area contributed by atoms with Crippen LogP contribution in [0.1, 0.15) is 15.9 Å². The van der Waals surface area contributed by atoms with Gasteiger partial charge in [-0.3, -0.25) is 9.59 Å². The van der Waals surface area contributed by atoms with Crippen LogP contribution in [0.4, 0.5) is 15.8 Å². The van der Waals surface area contributed by atoms with E-state index in [1.165, 1.54) is 28.6 Å². The fourth-order valence-electron chi connectivity index (χ4n) is 2.30. The molecule has 3 rings (SSSR count). The quantitative estimate of drug-likeness (QED) is 0.617. The molecular weight excluding hydrogens is 383 g/mol. The zero-order valence-corrected chi connectivity index (χ0v) is 16.0. The summed E-state index contributed by atoms with van der Waals surface area (Å²) in [5.74, 6) is -0.860.